The topological polar surface area (TPSA) is 46.9 Å². The monoisotopic (exact) mass is 327 g/mol. The summed E-state index contributed by atoms with van der Waals surface area (Å²) < 4.78 is 37.2. The standard InChI is InChI=1S/C11H13ClF3N3OS/c1-20-10(2-3-10)5-16-7-4-17-18(6-11(13,14)15)9(19)8(7)12/h4,16H,2-3,5-6H2,1H3. The minimum absolute atomic E-state index is 0.143. The summed E-state index contributed by atoms with van der Waals surface area (Å²) >= 11 is 7.53. The van der Waals surface area contributed by atoms with E-state index in [0.717, 1.165) is 19.0 Å². The van der Waals surface area contributed by atoms with Crippen LogP contribution in [0.3, 0.4) is 0 Å². The highest BCUT2D eigenvalue weighted by Crippen LogP contribution is 2.47. The molecule has 0 aromatic carbocycles. The van der Waals surface area contributed by atoms with E-state index in [9.17, 15) is 18.0 Å². The minimum Gasteiger partial charge on any atom is -0.381 e. The number of halogens is 4. The smallest absolute Gasteiger partial charge is 0.381 e. The van der Waals surface area contributed by atoms with Gasteiger partial charge in [0.15, 0.2) is 0 Å². The molecule has 0 unspecified atom stereocenters. The van der Waals surface area contributed by atoms with Gasteiger partial charge < -0.3 is 5.32 Å². The van der Waals surface area contributed by atoms with Gasteiger partial charge >= 0.3 is 6.18 Å². The lowest BCUT2D eigenvalue weighted by Gasteiger charge is -2.15. The molecule has 1 heterocycles. The molecule has 20 heavy (non-hydrogen) atoms. The van der Waals surface area contributed by atoms with Crippen molar-refractivity contribution in [1.82, 2.24) is 9.78 Å². The number of nitrogens with zero attached hydrogens (tertiary/aromatic N) is 2. The summed E-state index contributed by atoms with van der Waals surface area (Å²) in [5.74, 6) is 0. The van der Waals surface area contributed by atoms with Crippen molar-refractivity contribution in [2.24, 2.45) is 0 Å². The van der Waals surface area contributed by atoms with Crippen LogP contribution in [0.5, 0.6) is 0 Å². The second kappa shape index (κ2) is 5.48. The first-order valence-electron chi connectivity index (χ1n) is 5.88. The minimum atomic E-state index is -4.51. The number of hydrogen-bond acceptors (Lipinski definition) is 4. The Morgan fingerprint density at radius 2 is 2.20 bits per heavy atom. The molecular formula is C11H13ClF3N3OS. The Labute approximate surface area is 122 Å². The summed E-state index contributed by atoms with van der Waals surface area (Å²) in [5, 5.41) is 6.23. The SMILES string of the molecule is CSC1(CNc2cnn(CC(F)(F)F)c(=O)c2Cl)CC1. The summed E-state index contributed by atoms with van der Waals surface area (Å²) in [6.45, 7) is -0.834. The van der Waals surface area contributed by atoms with Crippen molar-refractivity contribution in [1.29, 1.82) is 0 Å². The maximum atomic E-state index is 12.3. The molecule has 0 saturated heterocycles. The second-order valence-electron chi connectivity index (χ2n) is 4.69. The zero-order chi connectivity index (χ0) is 15.0. The molecule has 1 fully saturated rings. The molecule has 1 aromatic rings. The van der Waals surface area contributed by atoms with Crippen LogP contribution >= 0.6 is 23.4 Å². The van der Waals surface area contributed by atoms with Gasteiger partial charge in [0.2, 0.25) is 0 Å². The van der Waals surface area contributed by atoms with Gasteiger partial charge in [-0.1, -0.05) is 11.6 Å². The van der Waals surface area contributed by atoms with Crippen molar-refractivity contribution in [2.45, 2.75) is 30.3 Å². The molecule has 9 heteroatoms. The number of thioether (sulfide) groups is 1. The van der Waals surface area contributed by atoms with E-state index in [2.05, 4.69) is 10.4 Å². The Morgan fingerprint density at radius 3 is 2.70 bits per heavy atom. The van der Waals surface area contributed by atoms with Crippen LogP contribution in [0, 0.1) is 0 Å². The number of aromatic nitrogens is 2. The van der Waals surface area contributed by atoms with Crippen LogP contribution in [-0.4, -0.2) is 33.5 Å². The van der Waals surface area contributed by atoms with Gasteiger partial charge in [0.05, 0.1) is 11.9 Å². The van der Waals surface area contributed by atoms with Gasteiger partial charge in [-0.05, 0) is 19.1 Å². The molecule has 1 aromatic heterocycles. The van der Waals surface area contributed by atoms with Gasteiger partial charge in [-0.15, -0.1) is 0 Å². The van der Waals surface area contributed by atoms with Gasteiger partial charge in [-0.3, -0.25) is 4.79 Å². The lowest BCUT2D eigenvalue weighted by molar-refractivity contribution is -0.143. The number of alkyl halides is 3. The van der Waals surface area contributed by atoms with E-state index in [1.54, 1.807) is 11.8 Å². The summed E-state index contributed by atoms with van der Waals surface area (Å²) in [7, 11) is 0. The highest BCUT2D eigenvalue weighted by Gasteiger charge is 2.41. The predicted octanol–water partition coefficient (Wildman–Crippen LogP) is 2.77. The third-order valence-electron chi connectivity index (χ3n) is 3.16. The number of nitrogens with one attached hydrogen (secondary N) is 1. The Morgan fingerprint density at radius 1 is 1.55 bits per heavy atom. The van der Waals surface area contributed by atoms with Crippen molar-refractivity contribution in [3.05, 3.63) is 21.6 Å². The van der Waals surface area contributed by atoms with Crippen LogP contribution in [0.1, 0.15) is 12.8 Å². The lowest BCUT2D eigenvalue weighted by Crippen LogP contribution is -2.31. The largest absolute Gasteiger partial charge is 0.408 e. The molecule has 0 amide bonds. The fraction of sp³-hybridized carbons (Fsp3) is 0.636. The average Bonchev–Trinajstić information content (AvgIpc) is 3.13. The van der Waals surface area contributed by atoms with E-state index in [1.165, 1.54) is 0 Å². The summed E-state index contributed by atoms with van der Waals surface area (Å²) in [6, 6.07) is 0. The first kappa shape index (κ1) is 15.5. The zero-order valence-corrected chi connectivity index (χ0v) is 12.2. The molecule has 112 valence electrons. The molecule has 1 aliphatic rings. The van der Waals surface area contributed by atoms with E-state index >= 15 is 0 Å². The maximum Gasteiger partial charge on any atom is 0.408 e. The van der Waals surface area contributed by atoms with E-state index in [1.807, 2.05) is 6.26 Å². The molecule has 0 bridgehead atoms. The molecule has 1 N–H and O–H groups in total. The molecule has 0 spiro atoms. The van der Waals surface area contributed by atoms with Crippen LogP contribution in [0.4, 0.5) is 18.9 Å². The predicted molar refractivity (Wildman–Crippen MR) is 73.5 cm³/mol. The summed E-state index contributed by atoms with van der Waals surface area (Å²) in [6.07, 6.45) is 0.780. The fourth-order valence-corrected chi connectivity index (χ4v) is 2.66. The van der Waals surface area contributed by atoms with Crippen LogP contribution in [-0.2, 0) is 6.54 Å². The van der Waals surface area contributed by atoms with E-state index in [4.69, 9.17) is 11.6 Å². The Bertz CT molecular complexity index is 557. The summed E-state index contributed by atoms with van der Waals surface area (Å²) in [5.41, 5.74) is -0.668. The number of hydrogen-bond donors (Lipinski definition) is 1. The van der Waals surface area contributed by atoms with E-state index in [-0.39, 0.29) is 15.5 Å². The highest BCUT2D eigenvalue weighted by atomic mass is 35.5. The molecule has 0 radical (unpaired) electrons. The molecule has 1 saturated carbocycles. The second-order valence-corrected chi connectivity index (χ2v) is 6.34. The van der Waals surface area contributed by atoms with Crippen molar-refractivity contribution in [3.8, 4) is 0 Å². The zero-order valence-electron chi connectivity index (χ0n) is 10.6. The number of rotatable bonds is 5. The molecule has 2 rings (SSSR count). The Hall–Kier alpha value is -0.890. The highest BCUT2D eigenvalue weighted by molar-refractivity contribution is 8.00. The summed E-state index contributed by atoms with van der Waals surface area (Å²) in [4.78, 5) is 11.7. The van der Waals surface area contributed by atoms with Crippen molar-refractivity contribution in [3.63, 3.8) is 0 Å². The van der Waals surface area contributed by atoms with Crippen LogP contribution in [0.15, 0.2) is 11.0 Å². The van der Waals surface area contributed by atoms with E-state index in [0.29, 0.717) is 11.2 Å². The third-order valence-corrected chi connectivity index (χ3v) is 4.94. The van der Waals surface area contributed by atoms with Crippen molar-refractivity contribution < 1.29 is 13.2 Å². The fourth-order valence-electron chi connectivity index (χ4n) is 1.72. The van der Waals surface area contributed by atoms with E-state index < -0.39 is 18.3 Å². The third kappa shape index (κ3) is 3.60. The molecular weight excluding hydrogens is 315 g/mol. The van der Waals surface area contributed by atoms with Crippen LogP contribution in [0.25, 0.3) is 0 Å². The lowest BCUT2D eigenvalue weighted by atomic mass is 10.3. The van der Waals surface area contributed by atoms with Crippen LogP contribution < -0.4 is 10.9 Å². The maximum absolute atomic E-state index is 12.3. The van der Waals surface area contributed by atoms with Gasteiger partial charge in [-0.25, -0.2) is 4.68 Å². The average molecular weight is 328 g/mol. The van der Waals surface area contributed by atoms with Crippen LogP contribution in [0.2, 0.25) is 5.02 Å². The van der Waals surface area contributed by atoms with Crippen molar-refractivity contribution >= 4 is 29.1 Å². The molecule has 0 aliphatic heterocycles. The van der Waals surface area contributed by atoms with Gasteiger partial charge in [0.25, 0.3) is 5.56 Å². The first-order chi connectivity index (χ1) is 9.26. The first-order valence-corrected chi connectivity index (χ1v) is 7.48. The normalized spacial score (nSPS) is 17.1. The van der Waals surface area contributed by atoms with Gasteiger partial charge in [0, 0.05) is 11.3 Å². The van der Waals surface area contributed by atoms with Gasteiger partial charge in [0.1, 0.15) is 11.6 Å². The molecule has 4 nitrogen and oxygen atoms in total. The molecule has 0 atom stereocenters. The van der Waals surface area contributed by atoms with Crippen molar-refractivity contribution in [2.75, 3.05) is 18.1 Å². The Balaban J connectivity index is 2.12. The van der Waals surface area contributed by atoms with Gasteiger partial charge in [-0.2, -0.15) is 30.0 Å². The quantitative estimate of drug-likeness (QED) is 0.903. The number of anilines is 1. The Kier molecular flexibility index (Phi) is 4.24. The molecule has 1 aliphatic carbocycles.